The van der Waals surface area contributed by atoms with Crippen molar-refractivity contribution < 1.29 is 19.1 Å². The summed E-state index contributed by atoms with van der Waals surface area (Å²) in [4.78, 5) is 39.2. The maximum atomic E-state index is 12.8. The number of benzene rings is 2. The van der Waals surface area contributed by atoms with Crippen molar-refractivity contribution >= 4 is 17.7 Å². The molecule has 2 aromatic rings. The lowest BCUT2D eigenvalue weighted by molar-refractivity contribution is 0.0642. The molecule has 150 valence electrons. The van der Waals surface area contributed by atoms with Gasteiger partial charge in [-0.15, -0.1) is 0 Å². The Hall–Kier alpha value is -3.19. The van der Waals surface area contributed by atoms with Crippen LogP contribution in [0.4, 0.5) is 0 Å². The number of hydrogen-bond acceptors (Lipinski definition) is 5. The fraction of sp³-hybridized carbons (Fsp3) is 0.318. The van der Waals surface area contributed by atoms with E-state index in [2.05, 4.69) is 5.43 Å². The standard InChI is InChI=1S/C22H23N3O4/c1-29-19-10-9-15(13-18(19)20(26)23-24-11-5-2-6-12-24)14-25-21(27)16-7-3-4-8-17(16)22(25)28/h3-4,7-10,13H,2,5-6,11-12,14H2,1H3,(H,23,26). The minimum atomic E-state index is -0.319. The molecule has 0 bridgehead atoms. The summed E-state index contributed by atoms with van der Waals surface area (Å²) in [6.45, 7) is 1.74. The quantitative estimate of drug-likeness (QED) is 0.790. The Morgan fingerprint density at radius 1 is 1.00 bits per heavy atom. The van der Waals surface area contributed by atoms with Crippen LogP contribution in [0.3, 0.4) is 0 Å². The van der Waals surface area contributed by atoms with E-state index in [1.54, 1.807) is 42.5 Å². The number of nitrogens with zero attached hydrogens (tertiary/aromatic N) is 2. The number of piperidine rings is 1. The number of ether oxygens (including phenoxy) is 1. The molecular formula is C22H23N3O4. The van der Waals surface area contributed by atoms with Crippen molar-refractivity contribution in [3.8, 4) is 5.75 Å². The normalized spacial score (nSPS) is 16.7. The van der Waals surface area contributed by atoms with Crippen molar-refractivity contribution in [2.24, 2.45) is 0 Å². The minimum Gasteiger partial charge on any atom is -0.496 e. The van der Waals surface area contributed by atoms with E-state index in [0.717, 1.165) is 25.9 Å². The van der Waals surface area contributed by atoms with Gasteiger partial charge in [-0.05, 0) is 42.7 Å². The second-order valence-corrected chi connectivity index (χ2v) is 7.27. The number of carbonyl (C=O) groups excluding carboxylic acids is 3. The molecule has 7 nitrogen and oxygen atoms in total. The van der Waals surface area contributed by atoms with E-state index in [9.17, 15) is 14.4 Å². The molecule has 0 aromatic heterocycles. The third-order valence-electron chi connectivity index (χ3n) is 5.34. The number of hydrogen-bond donors (Lipinski definition) is 1. The summed E-state index contributed by atoms with van der Waals surface area (Å²) in [5, 5.41) is 1.92. The van der Waals surface area contributed by atoms with Gasteiger partial charge in [-0.2, -0.15) is 0 Å². The van der Waals surface area contributed by atoms with E-state index in [-0.39, 0.29) is 24.3 Å². The summed E-state index contributed by atoms with van der Waals surface area (Å²) in [6.07, 6.45) is 3.28. The highest BCUT2D eigenvalue weighted by Crippen LogP contribution is 2.26. The first kappa shape index (κ1) is 19.1. The van der Waals surface area contributed by atoms with Gasteiger partial charge in [-0.3, -0.25) is 24.7 Å². The van der Waals surface area contributed by atoms with Gasteiger partial charge in [0.1, 0.15) is 5.75 Å². The highest BCUT2D eigenvalue weighted by Gasteiger charge is 2.35. The first-order valence-corrected chi connectivity index (χ1v) is 9.76. The van der Waals surface area contributed by atoms with Gasteiger partial charge >= 0.3 is 0 Å². The number of nitrogens with one attached hydrogen (secondary N) is 1. The van der Waals surface area contributed by atoms with Gasteiger partial charge in [0.2, 0.25) is 0 Å². The Labute approximate surface area is 169 Å². The molecule has 7 heteroatoms. The molecule has 2 heterocycles. The van der Waals surface area contributed by atoms with Crippen molar-refractivity contribution in [3.63, 3.8) is 0 Å². The smallest absolute Gasteiger partial charge is 0.269 e. The Bertz CT molecular complexity index is 931. The third kappa shape index (κ3) is 3.73. The summed E-state index contributed by atoms with van der Waals surface area (Å²) in [5.41, 5.74) is 4.82. The Morgan fingerprint density at radius 2 is 1.66 bits per heavy atom. The monoisotopic (exact) mass is 393 g/mol. The van der Waals surface area contributed by atoms with E-state index in [1.807, 2.05) is 5.01 Å². The van der Waals surface area contributed by atoms with Crippen LogP contribution in [0.15, 0.2) is 42.5 Å². The Kier molecular flexibility index (Phi) is 5.31. The Morgan fingerprint density at radius 3 is 2.28 bits per heavy atom. The molecule has 1 fully saturated rings. The highest BCUT2D eigenvalue weighted by molar-refractivity contribution is 6.21. The first-order chi connectivity index (χ1) is 14.1. The largest absolute Gasteiger partial charge is 0.496 e. The van der Waals surface area contributed by atoms with E-state index in [0.29, 0.717) is 28.0 Å². The number of methoxy groups -OCH3 is 1. The van der Waals surface area contributed by atoms with Crippen LogP contribution in [-0.2, 0) is 6.54 Å². The van der Waals surface area contributed by atoms with Crippen LogP contribution in [-0.4, -0.2) is 47.8 Å². The molecule has 0 saturated carbocycles. The zero-order chi connectivity index (χ0) is 20.4. The number of fused-ring (bicyclic) bond motifs is 1. The number of rotatable bonds is 5. The average molecular weight is 393 g/mol. The summed E-state index contributed by atoms with van der Waals surface area (Å²) in [7, 11) is 1.51. The molecule has 29 heavy (non-hydrogen) atoms. The van der Waals surface area contributed by atoms with Crippen LogP contribution >= 0.6 is 0 Å². The molecular weight excluding hydrogens is 370 g/mol. The molecule has 3 amide bonds. The summed E-state index contributed by atoms with van der Waals surface area (Å²) in [5.74, 6) is -0.444. The lowest BCUT2D eigenvalue weighted by Crippen LogP contribution is -2.45. The first-order valence-electron chi connectivity index (χ1n) is 9.76. The van der Waals surface area contributed by atoms with E-state index in [1.165, 1.54) is 18.4 Å². The zero-order valence-electron chi connectivity index (χ0n) is 16.3. The van der Waals surface area contributed by atoms with Gasteiger partial charge in [0.05, 0.1) is 30.3 Å². The van der Waals surface area contributed by atoms with Gasteiger partial charge in [0.25, 0.3) is 17.7 Å². The van der Waals surface area contributed by atoms with Crippen LogP contribution in [0, 0.1) is 0 Å². The second kappa shape index (κ2) is 8.05. The number of carbonyl (C=O) groups is 3. The predicted molar refractivity (Wildman–Crippen MR) is 107 cm³/mol. The van der Waals surface area contributed by atoms with Crippen LogP contribution in [0.1, 0.15) is 55.9 Å². The number of amides is 3. The van der Waals surface area contributed by atoms with E-state index < -0.39 is 0 Å². The molecule has 1 saturated heterocycles. The van der Waals surface area contributed by atoms with Crippen LogP contribution in [0.2, 0.25) is 0 Å². The van der Waals surface area contributed by atoms with Gasteiger partial charge < -0.3 is 4.74 Å². The van der Waals surface area contributed by atoms with E-state index in [4.69, 9.17) is 4.74 Å². The fourth-order valence-electron chi connectivity index (χ4n) is 3.81. The van der Waals surface area contributed by atoms with E-state index >= 15 is 0 Å². The topological polar surface area (TPSA) is 78.9 Å². The van der Waals surface area contributed by atoms with Crippen molar-refractivity contribution in [3.05, 3.63) is 64.7 Å². The molecule has 0 atom stereocenters. The number of hydrazine groups is 1. The highest BCUT2D eigenvalue weighted by atomic mass is 16.5. The molecule has 2 aliphatic rings. The van der Waals surface area contributed by atoms with Crippen molar-refractivity contribution in [1.82, 2.24) is 15.3 Å². The summed E-state index contributed by atoms with van der Waals surface area (Å²) in [6, 6.07) is 11.9. The minimum absolute atomic E-state index is 0.0976. The van der Waals surface area contributed by atoms with Crippen molar-refractivity contribution in [2.75, 3.05) is 20.2 Å². The van der Waals surface area contributed by atoms with Crippen LogP contribution < -0.4 is 10.2 Å². The molecule has 1 N–H and O–H groups in total. The third-order valence-corrected chi connectivity index (χ3v) is 5.34. The second-order valence-electron chi connectivity index (χ2n) is 7.27. The van der Waals surface area contributed by atoms with Crippen molar-refractivity contribution in [2.45, 2.75) is 25.8 Å². The lowest BCUT2D eigenvalue weighted by atomic mass is 10.1. The molecule has 0 aliphatic carbocycles. The lowest BCUT2D eigenvalue weighted by Gasteiger charge is -2.27. The molecule has 0 spiro atoms. The van der Waals surface area contributed by atoms with Crippen LogP contribution in [0.25, 0.3) is 0 Å². The average Bonchev–Trinajstić information content (AvgIpc) is 2.99. The molecule has 2 aromatic carbocycles. The molecule has 0 unspecified atom stereocenters. The van der Waals surface area contributed by atoms with Gasteiger partial charge in [-0.1, -0.05) is 24.6 Å². The maximum Gasteiger partial charge on any atom is 0.269 e. The molecule has 0 radical (unpaired) electrons. The van der Waals surface area contributed by atoms with Crippen LogP contribution in [0.5, 0.6) is 5.75 Å². The Balaban J connectivity index is 1.55. The van der Waals surface area contributed by atoms with Gasteiger partial charge in [-0.25, -0.2) is 5.01 Å². The number of imide groups is 1. The van der Waals surface area contributed by atoms with Gasteiger partial charge in [0, 0.05) is 13.1 Å². The predicted octanol–water partition coefficient (Wildman–Crippen LogP) is 2.62. The van der Waals surface area contributed by atoms with Gasteiger partial charge in [0.15, 0.2) is 0 Å². The SMILES string of the molecule is COc1ccc(CN2C(=O)c3ccccc3C2=O)cc1C(=O)NN1CCCCC1. The summed E-state index contributed by atoms with van der Waals surface area (Å²) >= 11 is 0. The fourth-order valence-corrected chi connectivity index (χ4v) is 3.81. The summed E-state index contributed by atoms with van der Waals surface area (Å²) < 4.78 is 5.35. The molecule has 2 aliphatic heterocycles. The zero-order valence-corrected chi connectivity index (χ0v) is 16.3. The maximum absolute atomic E-state index is 12.8. The molecule has 4 rings (SSSR count). The van der Waals surface area contributed by atoms with Crippen molar-refractivity contribution in [1.29, 1.82) is 0 Å².